The van der Waals surface area contributed by atoms with Crippen molar-refractivity contribution in [3.8, 4) is 23.0 Å². The molecule has 1 aliphatic carbocycles. The number of aromatic nitrogens is 3. The molecular formula is C29H29ClN4O8. The molecule has 5 rings (SSSR count). The molecule has 0 bridgehead atoms. The van der Waals surface area contributed by atoms with Crippen LogP contribution in [0.2, 0.25) is 5.02 Å². The molecule has 1 aliphatic heterocycles. The SMILES string of the molecule is COCc1nc(C(N=CC2=C(O)[C@@]3(Oc4c(Cl)c(OC)cc(OC)c4C3=O)[C@H](C)CC2=O)c2ccc(OC)cc2)n[nH]1. The average Bonchev–Trinajstić information content (AvgIpc) is 3.58. The van der Waals surface area contributed by atoms with Crippen molar-refractivity contribution in [2.24, 2.45) is 10.9 Å². The van der Waals surface area contributed by atoms with Crippen LogP contribution in [0.1, 0.15) is 47.0 Å². The third-order valence-corrected chi connectivity index (χ3v) is 7.73. The maximum Gasteiger partial charge on any atom is 0.231 e. The maximum absolute atomic E-state index is 14.0. The van der Waals surface area contributed by atoms with Crippen LogP contribution >= 0.6 is 11.6 Å². The number of carbonyl (C=O) groups is 2. The molecule has 1 spiro atoms. The van der Waals surface area contributed by atoms with E-state index in [-0.39, 0.29) is 46.4 Å². The second-order valence-electron chi connectivity index (χ2n) is 9.78. The fourth-order valence-electron chi connectivity index (χ4n) is 5.18. The summed E-state index contributed by atoms with van der Waals surface area (Å²) in [5, 5.41) is 18.7. The number of allylic oxidation sites excluding steroid dienone is 1. The lowest BCUT2D eigenvalue weighted by atomic mass is 9.73. The smallest absolute Gasteiger partial charge is 0.231 e. The highest BCUT2D eigenvalue weighted by atomic mass is 35.5. The molecule has 3 atom stereocenters. The molecule has 220 valence electrons. The van der Waals surface area contributed by atoms with E-state index in [1.807, 2.05) is 0 Å². The van der Waals surface area contributed by atoms with E-state index in [2.05, 4.69) is 20.2 Å². The minimum absolute atomic E-state index is 0.00408. The normalized spacial score (nSPS) is 20.7. The van der Waals surface area contributed by atoms with Gasteiger partial charge in [-0.25, -0.2) is 4.98 Å². The van der Waals surface area contributed by atoms with Gasteiger partial charge in [0.15, 0.2) is 28.9 Å². The topological polar surface area (TPSA) is 154 Å². The van der Waals surface area contributed by atoms with Gasteiger partial charge in [0.2, 0.25) is 11.4 Å². The number of hydrogen-bond donors (Lipinski definition) is 2. The van der Waals surface area contributed by atoms with E-state index in [4.69, 9.17) is 35.3 Å². The lowest BCUT2D eigenvalue weighted by molar-refractivity contribution is -0.118. The first-order valence-corrected chi connectivity index (χ1v) is 13.3. The zero-order valence-corrected chi connectivity index (χ0v) is 24.3. The highest BCUT2D eigenvalue weighted by molar-refractivity contribution is 6.35. The third kappa shape index (κ3) is 4.66. The summed E-state index contributed by atoms with van der Waals surface area (Å²) in [4.78, 5) is 36.3. The third-order valence-electron chi connectivity index (χ3n) is 7.37. The van der Waals surface area contributed by atoms with Crippen LogP contribution in [0, 0.1) is 5.92 Å². The Balaban J connectivity index is 1.61. The standard InChI is InChI=1S/C29H29ClN4O8/c1-14-10-18(35)17(26(36)29(14)27(37)22-19(40-4)11-20(41-5)23(30)25(22)42-29)12-31-24(15-6-8-16(39-3)9-7-15)28-32-21(13-38-2)33-34-28/h6-9,11-12,14,24,36H,10,13H2,1-5H3,(H,32,33,34)/t14-,24?,29+/m1/s1. The molecule has 0 saturated carbocycles. The first-order chi connectivity index (χ1) is 20.2. The number of ketones is 2. The van der Waals surface area contributed by atoms with E-state index in [9.17, 15) is 14.7 Å². The summed E-state index contributed by atoms with van der Waals surface area (Å²) in [6.45, 7) is 1.85. The van der Waals surface area contributed by atoms with E-state index >= 15 is 0 Å². The van der Waals surface area contributed by atoms with Crippen molar-refractivity contribution in [3.05, 3.63) is 69.5 Å². The molecule has 1 unspecified atom stereocenters. The Hall–Kier alpha value is -4.42. The van der Waals surface area contributed by atoms with E-state index in [1.165, 1.54) is 33.6 Å². The number of benzene rings is 2. The number of aromatic amines is 1. The number of aliphatic imine (C=N–C) groups is 1. The van der Waals surface area contributed by atoms with Crippen molar-refractivity contribution >= 4 is 29.4 Å². The number of fused-ring (bicyclic) bond motifs is 1. The van der Waals surface area contributed by atoms with Gasteiger partial charge in [-0.2, -0.15) is 5.10 Å². The predicted octanol–water partition coefficient (Wildman–Crippen LogP) is 4.23. The number of hydrogen-bond acceptors (Lipinski definition) is 11. The van der Waals surface area contributed by atoms with Gasteiger partial charge in [-0.05, 0) is 17.7 Å². The van der Waals surface area contributed by atoms with E-state index in [0.717, 1.165) is 0 Å². The van der Waals surface area contributed by atoms with Gasteiger partial charge in [-0.1, -0.05) is 30.7 Å². The summed E-state index contributed by atoms with van der Waals surface area (Å²) in [7, 11) is 5.90. The zero-order valence-electron chi connectivity index (χ0n) is 23.6. The molecule has 42 heavy (non-hydrogen) atoms. The number of halogens is 1. The van der Waals surface area contributed by atoms with Gasteiger partial charge < -0.3 is 28.8 Å². The number of nitrogens with zero attached hydrogens (tertiary/aromatic N) is 3. The minimum atomic E-state index is -1.92. The predicted molar refractivity (Wildman–Crippen MR) is 151 cm³/mol. The highest BCUT2D eigenvalue weighted by Crippen LogP contribution is 2.54. The van der Waals surface area contributed by atoms with Crippen LogP contribution in [-0.2, 0) is 16.1 Å². The molecule has 2 aromatic carbocycles. The van der Waals surface area contributed by atoms with Gasteiger partial charge in [0, 0.05) is 31.7 Å². The molecule has 1 aromatic heterocycles. The van der Waals surface area contributed by atoms with Gasteiger partial charge in [-0.3, -0.25) is 19.7 Å². The van der Waals surface area contributed by atoms with Crippen LogP contribution < -0.4 is 18.9 Å². The van der Waals surface area contributed by atoms with E-state index in [0.29, 0.717) is 23.0 Å². The number of Topliss-reactive ketones (excluding diaryl/α,β-unsaturated/α-hetero) is 2. The van der Waals surface area contributed by atoms with Crippen molar-refractivity contribution in [1.29, 1.82) is 0 Å². The van der Waals surface area contributed by atoms with Crippen LogP contribution in [0.4, 0.5) is 0 Å². The fraction of sp³-hybridized carbons (Fsp3) is 0.345. The molecule has 2 aliphatic rings. The average molecular weight is 597 g/mol. The minimum Gasteiger partial charge on any atom is -0.507 e. The summed E-state index contributed by atoms with van der Waals surface area (Å²) in [5.41, 5.74) is -1.37. The van der Waals surface area contributed by atoms with Crippen molar-refractivity contribution < 1.29 is 38.4 Å². The lowest BCUT2D eigenvalue weighted by Gasteiger charge is -2.36. The Morgan fingerprint density at radius 3 is 2.52 bits per heavy atom. The van der Waals surface area contributed by atoms with Crippen molar-refractivity contribution in [1.82, 2.24) is 15.2 Å². The van der Waals surface area contributed by atoms with Crippen LogP contribution in [0.15, 0.2) is 46.7 Å². The first kappa shape index (κ1) is 29.1. The van der Waals surface area contributed by atoms with Crippen molar-refractivity contribution in [2.45, 2.75) is 31.6 Å². The number of nitrogens with one attached hydrogen (secondary N) is 1. The van der Waals surface area contributed by atoms with Gasteiger partial charge in [0.1, 0.15) is 40.5 Å². The number of aliphatic hydroxyl groups excluding tert-OH is 1. The summed E-state index contributed by atoms with van der Waals surface area (Å²) < 4.78 is 27.3. The van der Waals surface area contributed by atoms with Gasteiger partial charge >= 0.3 is 0 Å². The molecule has 0 fully saturated rings. The molecule has 0 amide bonds. The first-order valence-electron chi connectivity index (χ1n) is 12.9. The second kappa shape index (κ2) is 11.5. The van der Waals surface area contributed by atoms with Gasteiger partial charge in [-0.15, -0.1) is 0 Å². The molecule has 12 nitrogen and oxygen atoms in total. The van der Waals surface area contributed by atoms with Gasteiger partial charge in [0.05, 0.1) is 26.9 Å². The van der Waals surface area contributed by atoms with E-state index in [1.54, 1.807) is 38.3 Å². The number of methoxy groups -OCH3 is 4. The Labute approximate surface area is 246 Å². The number of H-pyrrole nitrogens is 1. The van der Waals surface area contributed by atoms with E-state index < -0.39 is 34.9 Å². The van der Waals surface area contributed by atoms with Gasteiger partial charge in [0.25, 0.3) is 0 Å². The Kier molecular flexibility index (Phi) is 7.93. The fourth-order valence-corrected chi connectivity index (χ4v) is 5.45. The van der Waals surface area contributed by atoms with Crippen molar-refractivity contribution in [2.75, 3.05) is 28.4 Å². The number of ether oxygens (including phenoxy) is 5. The monoisotopic (exact) mass is 596 g/mol. The molecule has 2 N–H and O–H groups in total. The maximum atomic E-state index is 14.0. The summed E-state index contributed by atoms with van der Waals surface area (Å²) >= 11 is 6.51. The van der Waals surface area contributed by atoms with Crippen LogP contribution in [0.5, 0.6) is 23.0 Å². The molecule has 0 saturated heterocycles. The van der Waals surface area contributed by atoms with Crippen LogP contribution in [-0.4, -0.2) is 72.1 Å². The summed E-state index contributed by atoms with van der Waals surface area (Å²) in [6, 6.07) is 7.78. The summed E-state index contributed by atoms with van der Waals surface area (Å²) in [5.74, 6) is -0.504. The molecule has 13 heteroatoms. The molecule has 2 heterocycles. The second-order valence-corrected chi connectivity index (χ2v) is 10.2. The zero-order chi connectivity index (χ0) is 30.2. The summed E-state index contributed by atoms with van der Waals surface area (Å²) in [6.07, 6.45) is 1.12. The lowest BCUT2D eigenvalue weighted by Crippen LogP contribution is -2.52. The Bertz CT molecular complexity index is 1600. The van der Waals surface area contributed by atoms with Crippen LogP contribution in [0.3, 0.4) is 0 Å². The van der Waals surface area contributed by atoms with Crippen molar-refractivity contribution in [3.63, 3.8) is 0 Å². The number of carbonyl (C=O) groups excluding carboxylic acids is 2. The number of aliphatic hydroxyl groups is 1. The number of rotatable bonds is 9. The van der Waals surface area contributed by atoms with Crippen LogP contribution in [0.25, 0.3) is 0 Å². The molecule has 0 radical (unpaired) electrons. The molecule has 3 aromatic rings. The molecular weight excluding hydrogens is 568 g/mol. The Morgan fingerprint density at radius 2 is 1.88 bits per heavy atom. The quantitative estimate of drug-likeness (QED) is 0.343. The Morgan fingerprint density at radius 1 is 1.17 bits per heavy atom. The highest BCUT2D eigenvalue weighted by Gasteiger charge is 2.60. The largest absolute Gasteiger partial charge is 0.507 e.